The predicted octanol–water partition coefficient (Wildman–Crippen LogP) is 5.45. The number of amides is 1. The van der Waals surface area contributed by atoms with Gasteiger partial charge in [0.2, 0.25) is 0 Å². The summed E-state index contributed by atoms with van der Waals surface area (Å²) in [6.07, 6.45) is 0.659. The summed E-state index contributed by atoms with van der Waals surface area (Å²) in [4.78, 5) is 13.3. The Morgan fingerprint density at radius 3 is 2.36 bits per heavy atom. The van der Waals surface area contributed by atoms with E-state index in [-0.39, 0.29) is 11.9 Å². The van der Waals surface area contributed by atoms with Crippen LogP contribution in [0.4, 0.5) is 0 Å². The van der Waals surface area contributed by atoms with E-state index in [1.165, 1.54) is 0 Å². The van der Waals surface area contributed by atoms with Crippen LogP contribution in [-0.4, -0.2) is 23.7 Å². The summed E-state index contributed by atoms with van der Waals surface area (Å²) in [6.45, 7) is 0. The van der Waals surface area contributed by atoms with Gasteiger partial charge in [0.25, 0.3) is 5.91 Å². The standard InChI is InChI=1S/C23H19BrN2O2/c1-28-18-13-11-17(12-14-18)22-15-21(16-7-3-2-4-8-16)25-26(22)23(27)19-9-5-6-10-20(19)24/h2-14,22H,15H2,1H3/t22-/m0/s1. The zero-order valence-corrected chi connectivity index (χ0v) is 17.0. The molecule has 3 aromatic rings. The van der Waals surface area contributed by atoms with E-state index in [1.807, 2.05) is 78.9 Å². The van der Waals surface area contributed by atoms with Gasteiger partial charge >= 0.3 is 0 Å². The molecule has 5 heteroatoms. The lowest BCUT2D eigenvalue weighted by Gasteiger charge is -2.22. The van der Waals surface area contributed by atoms with Crippen molar-refractivity contribution in [2.75, 3.05) is 7.11 Å². The van der Waals surface area contributed by atoms with E-state index in [4.69, 9.17) is 9.84 Å². The first-order chi connectivity index (χ1) is 13.7. The van der Waals surface area contributed by atoms with E-state index in [2.05, 4.69) is 15.9 Å². The maximum absolute atomic E-state index is 13.3. The number of hydrazone groups is 1. The molecule has 3 aromatic carbocycles. The van der Waals surface area contributed by atoms with Crippen LogP contribution in [0, 0.1) is 0 Å². The summed E-state index contributed by atoms with van der Waals surface area (Å²) in [6, 6.07) is 25.1. The third kappa shape index (κ3) is 3.58. The van der Waals surface area contributed by atoms with Crippen molar-refractivity contribution < 1.29 is 9.53 Å². The van der Waals surface area contributed by atoms with Crippen LogP contribution in [0.5, 0.6) is 5.75 Å². The molecule has 1 aliphatic heterocycles. The Morgan fingerprint density at radius 1 is 1.00 bits per heavy atom. The number of methoxy groups -OCH3 is 1. The number of ether oxygens (including phenoxy) is 1. The van der Waals surface area contributed by atoms with Gasteiger partial charge in [0.1, 0.15) is 5.75 Å². The summed E-state index contributed by atoms with van der Waals surface area (Å²) < 4.78 is 6.03. The average Bonchev–Trinajstić information content (AvgIpc) is 3.20. The zero-order chi connectivity index (χ0) is 19.5. The van der Waals surface area contributed by atoms with E-state index < -0.39 is 0 Å². The second-order valence-electron chi connectivity index (χ2n) is 6.54. The van der Waals surface area contributed by atoms with Gasteiger partial charge in [-0.3, -0.25) is 4.79 Å². The summed E-state index contributed by atoms with van der Waals surface area (Å²) in [5.41, 5.74) is 3.56. The summed E-state index contributed by atoms with van der Waals surface area (Å²) >= 11 is 3.49. The van der Waals surface area contributed by atoms with Crippen LogP contribution in [-0.2, 0) is 0 Å². The Labute approximate surface area is 172 Å². The monoisotopic (exact) mass is 434 g/mol. The van der Waals surface area contributed by atoms with Gasteiger partial charge in [-0.15, -0.1) is 0 Å². The SMILES string of the molecule is COc1ccc([C@@H]2CC(c3ccccc3)=NN2C(=O)c2ccccc2Br)cc1. The van der Waals surface area contributed by atoms with Crippen LogP contribution >= 0.6 is 15.9 Å². The highest BCUT2D eigenvalue weighted by Crippen LogP contribution is 2.35. The molecule has 1 atom stereocenters. The summed E-state index contributed by atoms with van der Waals surface area (Å²) in [7, 11) is 1.64. The van der Waals surface area contributed by atoms with E-state index >= 15 is 0 Å². The molecule has 0 saturated heterocycles. The van der Waals surface area contributed by atoms with E-state index in [0.29, 0.717) is 12.0 Å². The lowest BCUT2D eigenvalue weighted by atomic mass is 9.98. The molecule has 0 unspecified atom stereocenters. The lowest BCUT2D eigenvalue weighted by molar-refractivity contribution is 0.0710. The molecule has 0 bridgehead atoms. The molecule has 4 nitrogen and oxygen atoms in total. The predicted molar refractivity (Wildman–Crippen MR) is 114 cm³/mol. The maximum Gasteiger partial charge on any atom is 0.275 e. The third-order valence-electron chi connectivity index (χ3n) is 4.83. The molecule has 0 N–H and O–H groups in total. The summed E-state index contributed by atoms with van der Waals surface area (Å²) in [5, 5.41) is 6.33. The van der Waals surface area contributed by atoms with Gasteiger partial charge in [-0.25, -0.2) is 5.01 Å². The molecule has 28 heavy (non-hydrogen) atoms. The van der Waals surface area contributed by atoms with Crippen LogP contribution < -0.4 is 4.74 Å². The molecule has 1 aliphatic rings. The van der Waals surface area contributed by atoms with Gasteiger partial charge in [0.05, 0.1) is 24.4 Å². The Morgan fingerprint density at radius 2 is 1.68 bits per heavy atom. The fourth-order valence-electron chi connectivity index (χ4n) is 3.35. The van der Waals surface area contributed by atoms with Gasteiger partial charge < -0.3 is 4.74 Å². The highest BCUT2D eigenvalue weighted by atomic mass is 79.9. The second kappa shape index (κ2) is 7.98. The number of hydrogen-bond acceptors (Lipinski definition) is 3. The van der Waals surface area contributed by atoms with Crippen LogP contribution in [0.25, 0.3) is 0 Å². The summed E-state index contributed by atoms with van der Waals surface area (Å²) in [5.74, 6) is 0.661. The normalized spacial score (nSPS) is 16.0. The largest absolute Gasteiger partial charge is 0.497 e. The van der Waals surface area contributed by atoms with Crippen molar-refractivity contribution >= 4 is 27.5 Å². The maximum atomic E-state index is 13.3. The Balaban J connectivity index is 1.73. The van der Waals surface area contributed by atoms with Crippen LogP contribution in [0.15, 0.2) is 88.4 Å². The molecule has 0 aliphatic carbocycles. The molecule has 1 amide bonds. The van der Waals surface area contributed by atoms with Gasteiger partial charge in [0.15, 0.2) is 0 Å². The van der Waals surface area contributed by atoms with E-state index in [9.17, 15) is 4.79 Å². The van der Waals surface area contributed by atoms with Gasteiger partial charge in [-0.05, 0) is 51.3 Å². The first-order valence-corrected chi connectivity index (χ1v) is 9.81. The third-order valence-corrected chi connectivity index (χ3v) is 5.52. The number of hydrogen-bond donors (Lipinski definition) is 0. The molecule has 4 rings (SSSR count). The first kappa shape index (κ1) is 18.4. The Bertz CT molecular complexity index is 1020. The minimum atomic E-state index is -0.166. The zero-order valence-electron chi connectivity index (χ0n) is 15.4. The van der Waals surface area contributed by atoms with E-state index in [1.54, 1.807) is 12.1 Å². The fourth-order valence-corrected chi connectivity index (χ4v) is 3.80. The van der Waals surface area contributed by atoms with Crippen molar-refractivity contribution in [2.24, 2.45) is 5.10 Å². The van der Waals surface area contributed by atoms with Gasteiger partial charge in [0, 0.05) is 10.9 Å². The second-order valence-corrected chi connectivity index (χ2v) is 7.39. The molecule has 0 aromatic heterocycles. The average molecular weight is 435 g/mol. The molecular formula is C23H19BrN2O2. The Kier molecular flexibility index (Phi) is 5.26. The molecule has 0 saturated carbocycles. The minimum Gasteiger partial charge on any atom is -0.497 e. The highest BCUT2D eigenvalue weighted by Gasteiger charge is 2.34. The van der Waals surface area contributed by atoms with Crippen LogP contribution in [0.1, 0.15) is 33.9 Å². The smallest absolute Gasteiger partial charge is 0.275 e. The molecule has 140 valence electrons. The van der Waals surface area contributed by atoms with Crippen molar-refractivity contribution in [1.82, 2.24) is 5.01 Å². The van der Waals surface area contributed by atoms with Crippen LogP contribution in [0.2, 0.25) is 0 Å². The molecule has 0 radical (unpaired) electrons. The van der Waals surface area contributed by atoms with Crippen molar-refractivity contribution in [3.05, 3.63) is 100 Å². The molecule has 1 heterocycles. The molecule has 0 spiro atoms. The van der Waals surface area contributed by atoms with Gasteiger partial charge in [-0.2, -0.15) is 5.10 Å². The fraction of sp³-hybridized carbons (Fsp3) is 0.130. The number of carbonyl (C=O) groups excluding carboxylic acids is 1. The van der Waals surface area contributed by atoms with Crippen molar-refractivity contribution in [2.45, 2.75) is 12.5 Å². The van der Waals surface area contributed by atoms with Gasteiger partial charge in [-0.1, -0.05) is 54.6 Å². The van der Waals surface area contributed by atoms with E-state index in [0.717, 1.165) is 27.1 Å². The molecular weight excluding hydrogens is 416 g/mol. The molecule has 0 fully saturated rings. The minimum absolute atomic E-state index is 0.126. The quantitative estimate of drug-likeness (QED) is 0.547. The lowest BCUT2D eigenvalue weighted by Crippen LogP contribution is -2.27. The number of benzene rings is 3. The number of rotatable bonds is 4. The van der Waals surface area contributed by atoms with Crippen molar-refractivity contribution in [3.63, 3.8) is 0 Å². The van der Waals surface area contributed by atoms with Crippen molar-refractivity contribution in [1.29, 1.82) is 0 Å². The number of carbonyl (C=O) groups is 1. The number of nitrogens with zero attached hydrogens (tertiary/aromatic N) is 2. The topological polar surface area (TPSA) is 41.9 Å². The Hall–Kier alpha value is -2.92. The van der Waals surface area contributed by atoms with Crippen molar-refractivity contribution in [3.8, 4) is 5.75 Å². The first-order valence-electron chi connectivity index (χ1n) is 9.02. The van der Waals surface area contributed by atoms with Crippen LogP contribution in [0.3, 0.4) is 0 Å². The highest BCUT2D eigenvalue weighted by molar-refractivity contribution is 9.10. The number of halogens is 1.